The summed E-state index contributed by atoms with van der Waals surface area (Å²) in [6, 6.07) is 2.96. The van der Waals surface area contributed by atoms with Gasteiger partial charge in [-0.3, -0.25) is 9.58 Å². The van der Waals surface area contributed by atoms with Crippen molar-refractivity contribution in [2.75, 3.05) is 19.6 Å². The van der Waals surface area contributed by atoms with Gasteiger partial charge >= 0.3 is 0 Å². The summed E-state index contributed by atoms with van der Waals surface area (Å²) in [6.45, 7) is 14.5. The summed E-state index contributed by atoms with van der Waals surface area (Å²) in [7, 11) is 0. The van der Waals surface area contributed by atoms with Gasteiger partial charge in [-0.15, -0.1) is 0 Å². The van der Waals surface area contributed by atoms with E-state index >= 15 is 0 Å². The molecule has 1 N–H and O–H groups in total. The lowest BCUT2D eigenvalue weighted by atomic mass is 10.1. The van der Waals surface area contributed by atoms with Crippen LogP contribution in [-0.4, -0.2) is 40.4 Å². The quantitative estimate of drug-likeness (QED) is 0.799. The summed E-state index contributed by atoms with van der Waals surface area (Å²) in [6.07, 6.45) is 3.67. The fraction of sp³-hybridized carbons (Fsp3) is 0.824. The third kappa shape index (κ3) is 4.82. The Kier molecular flexibility index (Phi) is 6.24. The zero-order valence-electron chi connectivity index (χ0n) is 14.2. The van der Waals surface area contributed by atoms with Crippen molar-refractivity contribution in [1.82, 2.24) is 20.0 Å². The smallest absolute Gasteiger partial charge is 0.0625 e. The SMILES string of the molecule is CCc1cc(CN(CC(C)C)CC2CCCN2)n(CC)n1. The van der Waals surface area contributed by atoms with Gasteiger partial charge in [-0.25, -0.2) is 0 Å². The third-order valence-corrected chi connectivity index (χ3v) is 4.23. The van der Waals surface area contributed by atoms with Crippen molar-refractivity contribution in [2.45, 2.75) is 66.1 Å². The second kappa shape index (κ2) is 7.95. The average molecular weight is 292 g/mol. The molecule has 1 aromatic heterocycles. The maximum absolute atomic E-state index is 4.69. The van der Waals surface area contributed by atoms with Crippen LogP contribution >= 0.6 is 0 Å². The topological polar surface area (TPSA) is 33.1 Å². The van der Waals surface area contributed by atoms with Gasteiger partial charge in [0.25, 0.3) is 0 Å². The molecular formula is C17H32N4. The minimum absolute atomic E-state index is 0.674. The molecule has 0 spiro atoms. The molecule has 4 heteroatoms. The molecule has 0 bridgehead atoms. The van der Waals surface area contributed by atoms with Gasteiger partial charge in [0.05, 0.1) is 11.4 Å². The number of aryl methyl sites for hydroxylation is 2. The van der Waals surface area contributed by atoms with Gasteiger partial charge in [0, 0.05) is 32.2 Å². The number of rotatable bonds is 8. The van der Waals surface area contributed by atoms with Crippen LogP contribution < -0.4 is 5.32 Å². The summed E-state index contributed by atoms with van der Waals surface area (Å²) < 4.78 is 2.17. The molecule has 0 saturated carbocycles. The zero-order chi connectivity index (χ0) is 15.2. The summed E-state index contributed by atoms with van der Waals surface area (Å²) in [5, 5.41) is 8.31. The second-order valence-corrected chi connectivity index (χ2v) is 6.68. The Hall–Kier alpha value is -0.870. The lowest BCUT2D eigenvalue weighted by Crippen LogP contribution is -2.39. The van der Waals surface area contributed by atoms with Gasteiger partial charge in [-0.1, -0.05) is 20.8 Å². The van der Waals surface area contributed by atoms with Crippen molar-refractivity contribution >= 4 is 0 Å². The van der Waals surface area contributed by atoms with E-state index in [1.165, 1.54) is 30.8 Å². The molecule has 1 saturated heterocycles. The van der Waals surface area contributed by atoms with E-state index in [0.29, 0.717) is 12.0 Å². The summed E-state index contributed by atoms with van der Waals surface area (Å²) in [5.74, 6) is 0.704. The monoisotopic (exact) mass is 292 g/mol. The Balaban J connectivity index is 2.03. The Morgan fingerprint density at radius 2 is 2.24 bits per heavy atom. The molecule has 0 aromatic carbocycles. The van der Waals surface area contributed by atoms with Gasteiger partial charge in [0.2, 0.25) is 0 Å². The predicted octanol–water partition coefficient (Wildman–Crippen LogP) is 2.68. The van der Waals surface area contributed by atoms with Crippen LogP contribution in [0.5, 0.6) is 0 Å². The predicted molar refractivity (Wildman–Crippen MR) is 88.4 cm³/mol. The minimum Gasteiger partial charge on any atom is -0.313 e. The van der Waals surface area contributed by atoms with Crippen molar-refractivity contribution in [3.8, 4) is 0 Å². The van der Waals surface area contributed by atoms with Crippen LogP contribution in [0.1, 0.15) is 51.9 Å². The van der Waals surface area contributed by atoms with Gasteiger partial charge in [-0.2, -0.15) is 5.10 Å². The zero-order valence-corrected chi connectivity index (χ0v) is 14.2. The van der Waals surface area contributed by atoms with Crippen LogP contribution in [-0.2, 0) is 19.5 Å². The van der Waals surface area contributed by atoms with Gasteiger partial charge in [0.15, 0.2) is 0 Å². The van der Waals surface area contributed by atoms with Crippen LogP contribution in [0.3, 0.4) is 0 Å². The van der Waals surface area contributed by atoms with E-state index in [9.17, 15) is 0 Å². The highest BCUT2D eigenvalue weighted by molar-refractivity contribution is 5.10. The van der Waals surface area contributed by atoms with Crippen molar-refractivity contribution in [1.29, 1.82) is 0 Å². The molecule has 1 fully saturated rings. The third-order valence-electron chi connectivity index (χ3n) is 4.23. The molecule has 1 aliphatic heterocycles. The van der Waals surface area contributed by atoms with Crippen molar-refractivity contribution < 1.29 is 0 Å². The molecule has 1 aliphatic rings. The standard InChI is InChI=1S/C17H32N4/c1-5-15-10-17(21(6-2)19-15)13-20(11-14(3)4)12-16-8-7-9-18-16/h10,14,16,18H,5-9,11-13H2,1-4H3. The van der Waals surface area contributed by atoms with Gasteiger partial charge in [-0.05, 0) is 44.7 Å². The van der Waals surface area contributed by atoms with E-state index in [2.05, 4.69) is 53.8 Å². The van der Waals surface area contributed by atoms with Crippen molar-refractivity contribution in [3.05, 3.63) is 17.5 Å². The van der Waals surface area contributed by atoms with E-state index in [4.69, 9.17) is 0 Å². The first kappa shape index (κ1) is 16.5. The molecule has 1 aromatic rings. The number of nitrogens with one attached hydrogen (secondary N) is 1. The number of aromatic nitrogens is 2. The van der Waals surface area contributed by atoms with Gasteiger partial charge < -0.3 is 5.32 Å². The Bertz CT molecular complexity index is 418. The van der Waals surface area contributed by atoms with E-state index < -0.39 is 0 Å². The first-order valence-corrected chi connectivity index (χ1v) is 8.63. The molecule has 0 aliphatic carbocycles. The highest BCUT2D eigenvalue weighted by atomic mass is 15.3. The van der Waals surface area contributed by atoms with E-state index in [1.54, 1.807) is 0 Å². The minimum atomic E-state index is 0.674. The fourth-order valence-corrected chi connectivity index (χ4v) is 3.26. The maximum atomic E-state index is 4.69. The molecule has 1 atom stereocenters. The lowest BCUT2D eigenvalue weighted by Gasteiger charge is -2.27. The Labute approximate surface area is 129 Å². The summed E-state index contributed by atoms with van der Waals surface area (Å²) >= 11 is 0. The largest absolute Gasteiger partial charge is 0.313 e. The first-order chi connectivity index (χ1) is 10.1. The van der Waals surface area contributed by atoms with Crippen molar-refractivity contribution in [3.63, 3.8) is 0 Å². The van der Waals surface area contributed by atoms with E-state index in [1.807, 2.05) is 0 Å². The van der Waals surface area contributed by atoms with Gasteiger partial charge in [0.1, 0.15) is 0 Å². The number of nitrogens with zero attached hydrogens (tertiary/aromatic N) is 3. The van der Waals surface area contributed by atoms with Crippen LogP contribution in [0, 0.1) is 5.92 Å². The molecule has 21 heavy (non-hydrogen) atoms. The fourth-order valence-electron chi connectivity index (χ4n) is 3.26. The summed E-state index contributed by atoms with van der Waals surface area (Å²) in [4.78, 5) is 2.61. The molecule has 1 unspecified atom stereocenters. The molecule has 120 valence electrons. The van der Waals surface area contributed by atoms with Crippen LogP contribution in [0.2, 0.25) is 0 Å². The second-order valence-electron chi connectivity index (χ2n) is 6.68. The molecular weight excluding hydrogens is 260 g/mol. The van der Waals surface area contributed by atoms with E-state index in [0.717, 1.165) is 32.6 Å². The van der Waals surface area contributed by atoms with Crippen LogP contribution in [0.25, 0.3) is 0 Å². The maximum Gasteiger partial charge on any atom is 0.0625 e. The Morgan fingerprint density at radius 3 is 2.81 bits per heavy atom. The first-order valence-electron chi connectivity index (χ1n) is 8.63. The molecule has 0 radical (unpaired) electrons. The number of hydrogen-bond acceptors (Lipinski definition) is 3. The lowest BCUT2D eigenvalue weighted by molar-refractivity contribution is 0.210. The molecule has 2 rings (SSSR count). The van der Waals surface area contributed by atoms with Crippen molar-refractivity contribution in [2.24, 2.45) is 5.92 Å². The van der Waals surface area contributed by atoms with Crippen LogP contribution in [0.4, 0.5) is 0 Å². The molecule has 0 amide bonds. The summed E-state index contributed by atoms with van der Waals surface area (Å²) in [5.41, 5.74) is 2.59. The van der Waals surface area contributed by atoms with E-state index in [-0.39, 0.29) is 0 Å². The normalized spacial score (nSPS) is 19.0. The number of hydrogen-bond donors (Lipinski definition) is 1. The molecule has 2 heterocycles. The Morgan fingerprint density at radius 1 is 1.43 bits per heavy atom. The van der Waals surface area contributed by atoms with Crippen LogP contribution in [0.15, 0.2) is 6.07 Å². The molecule has 4 nitrogen and oxygen atoms in total. The average Bonchev–Trinajstić information content (AvgIpc) is 3.07. The highest BCUT2D eigenvalue weighted by Gasteiger charge is 2.20. The highest BCUT2D eigenvalue weighted by Crippen LogP contribution is 2.14.